The van der Waals surface area contributed by atoms with Crippen molar-refractivity contribution < 1.29 is 4.79 Å². The van der Waals surface area contributed by atoms with Crippen molar-refractivity contribution in [2.24, 2.45) is 0 Å². The molecule has 1 atom stereocenters. The Morgan fingerprint density at radius 1 is 0.914 bits per heavy atom. The molecule has 4 rings (SSSR count). The van der Waals surface area contributed by atoms with Crippen molar-refractivity contribution in [2.45, 2.75) is 50.7 Å². The van der Waals surface area contributed by atoms with Crippen LogP contribution in [0.15, 0.2) is 90.1 Å². The normalized spacial score (nSPS) is 11.8. The number of nitrogens with one attached hydrogen (secondary N) is 1. The van der Waals surface area contributed by atoms with Crippen LogP contribution < -0.4 is 5.32 Å². The number of unbranched alkanes of at least 4 members (excludes halogenated alkanes) is 1. The number of benzene rings is 3. The summed E-state index contributed by atoms with van der Waals surface area (Å²) in [5.74, 6) is 1.91. The lowest BCUT2D eigenvalue weighted by Gasteiger charge is -2.14. The van der Waals surface area contributed by atoms with E-state index in [4.69, 9.17) is 0 Å². The molecule has 0 aliphatic heterocycles. The number of aryl methyl sites for hydroxylation is 1. The molecule has 0 fully saturated rings. The van der Waals surface area contributed by atoms with Crippen molar-refractivity contribution in [3.8, 4) is 5.69 Å². The molecule has 35 heavy (non-hydrogen) atoms. The Hall–Kier alpha value is -3.38. The molecule has 0 saturated carbocycles. The zero-order chi connectivity index (χ0) is 24.5. The van der Waals surface area contributed by atoms with E-state index in [0.29, 0.717) is 6.42 Å². The Morgan fingerprint density at radius 3 is 2.31 bits per heavy atom. The van der Waals surface area contributed by atoms with Gasteiger partial charge in [0.2, 0.25) is 5.91 Å². The number of thioether (sulfide) groups is 1. The van der Waals surface area contributed by atoms with Gasteiger partial charge in [0, 0.05) is 24.3 Å². The minimum atomic E-state index is 0.0224. The predicted octanol–water partition coefficient (Wildman–Crippen LogP) is 6.31. The standard InChI is InChI=1S/C29H32N4OS/c1-22-16-18-26(19-17-22)33-27(21-24-11-5-3-6-12-24)31-32-29(33)35-20-10-9-15-28(34)30-23(2)25-13-7-4-8-14-25/h3-8,11-14,16-19,23H,9-10,15,20-21H2,1-2H3,(H,30,34). The van der Waals surface area contributed by atoms with E-state index in [2.05, 4.69) is 63.4 Å². The van der Waals surface area contributed by atoms with E-state index in [0.717, 1.165) is 47.2 Å². The molecule has 4 aromatic rings. The number of rotatable bonds is 11. The third-order valence-electron chi connectivity index (χ3n) is 5.90. The van der Waals surface area contributed by atoms with Crippen molar-refractivity contribution in [3.05, 3.63) is 107 Å². The zero-order valence-electron chi connectivity index (χ0n) is 20.4. The van der Waals surface area contributed by atoms with Gasteiger partial charge in [-0.3, -0.25) is 9.36 Å². The third-order valence-corrected chi connectivity index (χ3v) is 6.92. The molecule has 6 heteroatoms. The number of carbonyl (C=O) groups excluding carboxylic acids is 1. The Bertz CT molecular complexity index is 1210. The maximum atomic E-state index is 12.4. The summed E-state index contributed by atoms with van der Waals surface area (Å²) in [6.45, 7) is 4.11. The minimum Gasteiger partial charge on any atom is -0.350 e. The lowest BCUT2D eigenvalue weighted by Crippen LogP contribution is -2.26. The van der Waals surface area contributed by atoms with Crippen LogP contribution in [0, 0.1) is 6.92 Å². The Morgan fingerprint density at radius 2 is 1.60 bits per heavy atom. The van der Waals surface area contributed by atoms with Gasteiger partial charge in [0.25, 0.3) is 0 Å². The van der Waals surface area contributed by atoms with E-state index in [1.54, 1.807) is 11.8 Å². The van der Waals surface area contributed by atoms with Gasteiger partial charge in [-0.2, -0.15) is 0 Å². The van der Waals surface area contributed by atoms with Crippen molar-refractivity contribution in [2.75, 3.05) is 5.75 Å². The third kappa shape index (κ3) is 7.06. The molecule has 5 nitrogen and oxygen atoms in total. The smallest absolute Gasteiger partial charge is 0.220 e. The minimum absolute atomic E-state index is 0.0224. The molecule has 3 aromatic carbocycles. The van der Waals surface area contributed by atoms with Crippen LogP contribution in [0.5, 0.6) is 0 Å². The molecule has 0 aliphatic carbocycles. The lowest BCUT2D eigenvalue weighted by atomic mass is 10.1. The summed E-state index contributed by atoms with van der Waals surface area (Å²) < 4.78 is 2.16. The van der Waals surface area contributed by atoms with E-state index in [1.165, 1.54) is 11.1 Å². The van der Waals surface area contributed by atoms with Crippen LogP contribution in [-0.2, 0) is 11.2 Å². The first-order valence-electron chi connectivity index (χ1n) is 12.1. The van der Waals surface area contributed by atoms with Gasteiger partial charge < -0.3 is 5.32 Å². The Labute approximate surface area is 212 Å². The van der Waals surface area contributed by atoms with Gasteiger partial charge >= 0.3 is 0 Å². The molecule has 0 radical (unpaired) electrons. The number of hydrogen-bond donors (Lipinski definition) is 1. The van der Waals surface area contributed by atoms with E-state index in [9.17, 15) is 4.79 Å². The summed E-state index contributed by atoms with van der Waals surface area (Å²) in [6.07, 6.45) is 3.03. The number of hydrogen-bond acceptors (Lipinski definition) is 4. The predicted molar refractivity (Wildman–Crippen MR) is 143 cm³/mol. The zero-order valence-corrected chi connectivity index (χ0v) is 21.2. The summed E-state index contributed by atoms with van der Waals surface area (Å²) in [7, 11) is 0. The van der Waals surface area contributed by atoms with Gasteiger partial charge in [0.1, 0.15) is 5.82 Å². The van der Waals surface area contributed by atoms with Crippen LogP contribution >= 0.6 is 11.8 Å². The first-order chi connectivity index (χ1) is 17.1. The van der Waals surface area contributed by atoms with E-state index < -0.39 is 0 Å². The molecular weight excluding hydrogens is 452 g/mol. The SMILES string of the molecule is Cc1ccc(-n2c(Cc3ccccc3)nnc2SCCCCC(=O)NC(C)c2ccccc2)cc1. The molecule has 1 N–H and O–H groups in total. The molecule has 0 bridgehead atoms. The lowest BCUT2D eigenvalue weighted by molar-refractivity contribution is -0.121. The molecular formula is C29H32N4OS. The topological polar surface area (TPSA) is 59.8 Å². The second-order valence-corrected chi connectivity index (χ2v) is 9.80. The molecule has 0 saturated heterocycles. The van der Waals surface area contributed by atoms with E-state index in [1.807, 2.05) is 55.5 Å². The highest BCUT2D eigenvalue weighted by Gasteiger charge is 2.15. The number of aromatic nitrogens is 3. The van der Waals surface area contributed by atoms with Gasteiger partial charge in [-0.15, -0.1) is 10.2 Å². The number of carbonyl (C=O) groups is 1. The summed E-state index contributed by atoms with van der Waals surface area (Å²) in [5.41, 5.74) is 4.63. The molecule has 180 valence electrons. The Kier molecular flexibility index (Phi) is 8.74. The first kappa shape index (κ1) is 24.7. The quantitative estimate of drug-likeness (QED) is 0.200. The summed E-state index contributed by atoms with van der Waals surface area (Å²) in [4.78, 5) is 12.4. The van der Waals surface area contributed by atoms with Crippen molar-refractivity contribution in [3.63, 3.8) is 0 Å². The monoisotopic (exact) mass is 484 g/mol. The van der Waals surface area contributed by atoms with Crippen LogP contribution in [0.3, 0.4) is 0 Å². The van der Waals surface area contributed by atoms with Crippen LogP contribution in [0.25, 0.3) is 5.69 Å². The molecule has 1 aromatic heterocycles. The van der Waals surface area contributed by atoms with Gasteiger partial charge in [-0.1, -0.05) is 90.1 Å². The second kappa shape index (κ2) is 12.4. The van der Waals surface area contributed by atoms with Crippen molar-refractivity contribution in [1.29, 1.82) is 0 Å². The van der Waals surface area contributed by atoms with Gasteiger partial charge in [-0.05, 0) is 49.9 Å². The summed E-state index contributed by atoms with van der Waals surface area (Å²) in [5, 5.41) is 13.0. The number of nitrogens with zero attached hydrogens (tertiary/aromatic N) is 3. The van der Waals surface area contributed by atoms with Crippen LogP contribution in [-0.4, -0.2) is 26.4 Å². The molecule has 1 heterocycles. The highest BCUT2D eigenvalue weighted by molar-refractivity contribution is 7.99. The molecule has 0 spiro atoms. The van der Waals surface area contributed by atoms with Gasteiger partial charge in [0.05, 0.1) is 6.04 Å². The van der Waals surface area contributed by atoms with Crippen molar-refractivity contribution >= 4 is 17.7 Å². The van der Waals surface area contributed by atoms with Crippen molar-refractivity contribution in [1.82, 2.24) is 20.1 Å². The van der Waals surface area contributed by atoms with Crippen LogP contribution in [0.2, 0.25) is 0 Å². The molecule has 1 unspecified atom stereocenters. The fourth-order valence-electron chi connectivity index (χ4n) is 3.93. The average molecular weight is 485 g/mol. The summed E-state index contributed by atoms with van der Waals surface area (Å²) >= 11 is 1.70. The van der Waals surface area contributed by atoms with E-state index in [-0.39, 0.29) is 11.9 Å². The van der Waals surface area contributed by atoms with Crippen LogP contribution in [0.1, 0.15) is 54.7 Å². The maximum absolute atomic E-state index is 12.4. The largest absolute Gasteiger partial charge is 0.350 e. The van der Waals surface area contributed by atoms with Gasteiger partial charge in [-0.25, -0.2) is 0 Å². The fourth-order valence-corrected chi connectivity index (χ4v) is 4.90. The highest BCUT2D eigenvalue weighted by atomic mass is 32.2. The number of amides is 1. The van der Waals surface area contributed by atoms with Crippen LogP contribution in [0.4, 0.5) is 0 Å². The average Bonchev–Trinajstić information content (AvgIpc) is 3.27. The van der Waals surface area contributed by atoms with Gasteiger partial charge in [0.15, 0.2) is 5.16 Å². The van der Waals surface area contributed by atoms with E-state index >= 15 is 0 Å². The second-order valence-electron chi connectivity index (χ2n) is 8.74. The first-order valence-corrected chi connectivity index (χ1v) is 13.1. The molecule has 0 aliphatic rings. The summed E-state index contributed by atoms with van der Waals surface area (Å²) in [6, 6.07) is 28.9. The molecule has 1 amide bonds. The maximum Gasteiger partial charge on any atom is 0.220 e. The Balaban J connectivity index is 1.33. The highest BCUT2D eigenvalue weighted by Crippen LogP contribution is 2.25. The fraction of sp³-hybridized carbons (Fsp3) is 0.276.